The number of nitrogens with zero attached hydrogens (tertiary/aromatic N) is 2. The molecule has 0 aliphatic carbocycles. The number of carboxylic acids is 1. The molecule has 31 heavy (non-hydrogen) atoms. The molecule has 1 aromatic heterocycles. The van der Waals surface area contributed by atoms with Gasteiger partial charge in [-0.15, -0.1) is 0 Å². The lowest BCUT2D eigenvalue weighted by atomic mass is 10.1. The van der Waals surface area contributed by atoms with Crippen molar-refractivity contribution in [2.75, 3.05) is 7.11 Å². The molecule has 2 aromatic carbocycles. The van der Waals surface area contributed by atoms with Gasteiger partial charge in [-0.25, -0.2) is 13.9 Å². The third-order valence-corrected chi connectivity index (χ3v) is 5.33. The number of methoxy groups -OCH3 is 1. The molecule has 0 atom stereocenters. The van der Waals surface area contributed by atoms with E-state index < -0.39 is 5.97 Å². The number of hydrogen-bond donors (Lipinski definition) is 0. The number of imidazole rings is 1. The van der Waals surface area contributed by atoms with Crippen molar-refractivity contribution in [1.29, 1.82) is 0 Å². The molecule has 0 radical (unpaired) electrons. The second-order valence-corrected chi connectivity index (χ2v) is 7.79. The molecular weight excluding hydrogens is 416 g/mol. The summed E-state index contributed by atoms with van der Waals surface area (Å²) in [5, 5.41) is 9.64. The van der Waals surface area contributed by atoms with Crippen LogP contribution in [0, 0.1) is 0 Å². The Bertz CT molecular complexity index is 1070. The Labute approximate surface area is 186 Å². The summed E-state index contributed by atoms with van der Waals surface area (Å²) in [6.07, 6.45) is 5.70. The summed E-state index contributed by atoms with van der Waals surface area (Å²) in [5.41, 5.74) is 4.08. The average molecular weight is 441 g/mol. The predicted molar refractivity (Wildman–Crippen MR) is 116 cm³/mol. The number of ether oxygens (including phenoxy) is 1. The smallest absolute Gasteiger partial charge is 0.337 e. The van der Waals surface area contributed by atoms with Gasteiger partial charge in [0.1, 0.15) is 12.7 Å². The molecule has 0 unspecified atom stereocenters. The second-order valence-electron chi connectivity index (χ2n) is 7.36. The molecule has 0 spiro atoms. The third kappa shape index (κ3) is 5.73. The van der Waals surface area contributed by atoms with E-state index in [1.807, 2.05) is 42.5 Å². The number of rotatable bonds is 4. The number of aromatic nitrogens is 2. The lowest BCUT2D eigenvalue weighted by molar-refractivity contribution is -0.695. The number of aliphatic carboxylic acids is 1. The summed E-state index contributed by atoms with van der Waals surface area (Å²) in [7, 11) is 1.40. The minimum absolute atomic E-state index is 0.307. The minimum atomic E-state index is -1.08. The van der Waals surface area contributed by atoms with Crippen molar-refractivity contribution in [3.8, 4) is 11.3 Å². The molecule has 6 nitrogen and oxygen atoms in total. The molecule has 2 heterocycles. The highest BCUT2D eigenvalue weighted by atomic mass is 35.5. The molecule has 0 saturated carbocycles. The van der Waals surface area contributed by atoms with Crippen LogP contribution in [0.15, 0.2) is 54.7 Å². The van der Waals surface area contributed by atoms with Crippen LogP contribution in [0.25, 0.3) is 11.3 Å². The number of halogens is 1. The molecule has 7 heteroatoms. The van der Waals surface area contributed by atoms with E-state index in [2.05, 4.69) is 21.4 Å². The monoisotopic (exact) mass is 440 g/mol. The molecule has 1 aliphatic rings. The van der Waals surface area contributed by atoms with E-state index in [9.17, 15) is 4.79 Å². The molecule has 3 aromatic rings. The summed E-state index contributed by atoms with van der Waals surface area (Å²) < 4.78 is 9.51. The first-order chi connectivity index (χ1) is 14.9. The Hall–Kier alpha value is -3.12. The van der Waals surface area contributed by atoms with Crippen molar-refractivity contribution in [3.63, 3.8) is 0 Å². The molecule has 0 saturated heterocycles. The molecule has 0 amide bonds. The van der Waals surface area contributed by atoms with Gasteiger partial charge < -0.3 is 14.6 Å². The van der Waals surface area contributed by atoms with Gasteiger partial charge in [0.2, 0.25) is 0 Å². The van der Waals surface area contributed by atoms with Gasteiger partial charge in [-0.1, -0.05) is 35.9 Å². The number of carbonyl (C=O) groups is 2. The number of esters is 1. The normalized spacial score (nSPS) is 12.4. The standard InChI is InChI=1S/C22H22ClN2O2.C2H4O2/c1-27-22(26)17-10-8-16(9-11-17)14-24-15-20(18-5-4-6-19(23)13-18)25-12-3-2-7-21(24)25;1-2(3)4/h4-6,8-11,13,15H,2-3,7,12,14H2,1H3;1H3,(H,3,4)/q+1;/p-1. The van der Waals surface area contributed by atoms with Crippen LogP contribution in [-0.4, -0.2) is 23.6 Å². The Kier molecular flexibility index (Phi) is 7.47. The van der Waals surface area contributed by atoms with Gasteiger partial charge in [0.05, 0.1) is 19.2 Å². The summed E-state index contributed by atoms with van der Waals surface area (Å²) in [4.78, 5) is 20.5. The number of fused-ring (bicyclic) bond motifs is 1. The zero-order valence-electron chi connectivity index (χ0n) is 17.6. The van der Waals surface area contributed by atoms with E-state index >= 15 is 0 Å². The highest BCUT2D eigenvalue weighted by molar-refractivity contribution is 6.30. The molecule has 162 valence electrons. The van der Waals surface area contributed by atoms with Gasteiger partial charge >= 0.3 is 5.97 Å². The first-order valence-corrected chi connectivity index (χ1v) is 10.5. The van der Waals surface area contributed by atoms with E-state index in [0.717, 1.165) is 42.6 Å². The van der Waals surface area contributed by atoms with Crippen molar-refractivity contribution < 1.29 is 24.0 Å². The molecule has 1 aliphatic heterocycles. The number of benzene rings is 2. The van der Waals surface area contributed by atoms with Crippen LogP contribution < -0.4 is 9.67 Å². The SMILES string of the molecule is CC(=O)[O-].COC(=O)c1ccc(C[n+]2cc(-c3cccc(Cl)c3)n3c2CCCC3)cc1. The lowest BCUT2D eigenvalue weighted by Gasteiger charge is -2.11. The van der Waals surface area contributed by atoms with Crippen molar-refractivity contribution in [3.05, 3.63) is 76.7 Å². The van der Waals surface area contributed by atoms with Crippen LogP contribution in [-0.2, 0) is 29.0 Å². The van der Waals surface area contributed by atoms with Gasteiger partial charge in [0, 0.05) is 23.0 Å². The summed E-state index contributed by atoms with van der Waals surface area (Å²) in [5.74, 6) is -0.0491. The maximum absolute atomic E-state index is 11.6. The largest absolute Gasteiger partial charge is 0.550 e. The quantitative estimate of drug-likeness (QED) is 0.461. The number of carbonyl (C=O) groups excluding carboxylic acids is 2. The zero-order chi connectivity index (χ0) is 22.4. The van der Waals surface area contributed by atoms with Crippen molar-refractivity contribution in [2.24, 2.45) is 0 Å². The Morgan fingerprint density at radius 1 is 1.16 bits per heavy atom. The number of hydrogen-bond acceptors (Lipinski definition) is 4. The minimum Gasteiger partial charge on any atom is -0.550 e. The van der Waals surface area contributed by atoms with E-state index in [4.69, 9.17) is 26.2 Å². The molecule has 0 bridgehead atoms. The third-order valence-electron chi connectivity index (χ3n) is 5.09. The highest BCUT2D eigenvalue weighted by Crippen LogP contribution is 2.26. The van der Waals surface area contributed by atoms with Crippen LogP contribution in [0.2, 0.25) is 5.02 Å². The van der Waals surface area contributed by atoms with E-state index in [1.54, 1.807) is 0 Å². The lowest BCUT2D eigenvalue weighted by Crippen LogP contribution is -2.38. The fourth-order valence-electron chi connectivity index (χ4n) is 3.74. The Morgan fingerprint density at radius 2 is 1.87 bits per heavy atom. The van der Waals surface area contributed by atoms with Crippen LogP contribution in [0.1, 0.15) is 41.5 Å². The summed E-state index contributed by atoms with van der Waals surface area (Å²) in [6, 6.07) is 15.7. The van der Waals surface area contributed by atoms with Gasteiger partial charge in [-0.05, 0) is 49.6 Å². The van der Waals surface area contributed by atoms with Crippen molar-refractivity contribution >= 4 is 23.5 Å². The van der Waals surface area contributed by atoms with Crippen molar-refractivity contribution in [1.82, 2.24) is 4.57 Å². The van der Waals surface area contributed by atoms with Crippen LogP contribution >= 0.6 is 11.6 Å². The van der Waals surface area contributed by atoms with Crippen LogP contribution in [0.3, 0.4) is 0 Å². The highest BCUT2D eigenvalue weighted by Gasteiger charge is 2.27. The van der Waals surface area contributed by atoms with E-state index in [-0.39, 0.29) is 5.97 Å². The van der Waals surface area contributed by atoms with Crippen molar-refractivity contribution in [2.45, 2.75) is 39.3 Å². The van der Waals surface area contributed by atoms with E-state index in [0.29, 0.717) is 5.56 Å². The molecule has 0 fully saturated rings. The topological polar surface area (TPSA) is 75.2 Å². The van der Waals surface area contributed by atoms with Gasteiger partial charge in [-0.3, -0.25) is 0 Å². The first kappa shape index (κ1) is 22.6. The first-order valence-electron chi connectivity index (χ1n) is 10.1. The second kappa shape index (κ2) is 10.3. The number of carboxylic acid groups (broad SMARTS) is 1. The summed E-state index contributed by atoms with van der Waals surface area (Å²) >= 11 is 6.21. The van der Waals surface area contributed by atoms with Crippen LogP contribution in [0.5, 0.6) is 0 Å². The Morgan fingerprint density at radius 3 is 2.52 bits per heavy atom. The maximum atomic E-state index is 11.6. The van der Waals surface area contributed by atoms with Crippen LogP contribution in [0.4, 0.5) is 0 Å². The maximum Gasteiger partial charge on any atom is 0.337 e. The van der Waals surface area contributed by atoms with Gasteiger partial charge in [0.25, 0.3) is 5.82 Å². The predicted octanol–water partition coefficient (Wildman–Crippen LogP) is 3.02. The van der Waals surface area contributed by atoms with Gasteiger partial charge in [0.15, 0.2) is 5.69 Å². The zero-order valence-corrected chi connectivity index (χ0v) is 18.4. The molecule has 4 rings (SSSR count). The fourth-order valence-corrected chi connectivity index (χ4v) is 3.93. The molecular formula is C24H25ClN2O4. The fraction of sp³-hybridized carbons (Fsp3) is 0.292. The average Bonchev–Trinajstić information content (AvgIpc) is 3.12. The summed E-state index contributed by atoms with van der Waals surface area (Å²) in [6.45, 7) is 2.78. The van der Waals surface area contributed by atoms with Gasteiger partial charge in [-0.2, -0.15) is 0 Å². The Balaban J connectivity index is 0.000000628. The molecule has 0 N–H and O–H groups in total. The van der Waals surface area contributed by atoms with E-state index in [1.165, 1.54) is 31.5 Å².